The molecule has 0 atom stereocenters. The number of hydrogen-bond acceptors (Lipinski definition) is 5. The van der Waals surface area contributed by atoms with Crippen molar-refractivity contribution in [3.05, 3.63) is 12.4 Å². The van der Waals surface area contributed by atoms with Gasteiger partial charge in [-0.3, -0.25) is 0 Å². The van der Waals surface area contributed by atoms with Crippen LogP contribution >= 0.6 is 0 Å². The highest BCUT2D eigenvalue weighted by Gasteiger charge is 2.16. The van der Waals surface area contributed by atoms with Crippen LogP contribution in [0.1, 0.15) is 26.7 Å². The first-order chi connectivity index (χ1) is 8.26. The van der Waals surface area contributed by atoms with Gasteiger partial charge in [0.2, 0.25) is 5.88 Å². The van der Waals surface area contributed by atoms with Crippen molar-refractivity contribution in [3.8, 4) is 5.88 Å². The summed E-state index contributed by atoms with van der Waals surface area (Å²) in [6.45, 7) is 5.77. The number of rotatable bonds is 7. The summed E-state index contributed by atoms with van der Waals surface area (Å²) in [5, 5.41) is 0. The van der Waals surface area contributed by atoms with Crippen LogP contribution < -0.4 is 15.4 Å². The van der Waals surface area contributed by atoms with Gasteiger partial charge in [0, 0.05) is 25.2 Å². The normalized spacial score (nSPS) is 10.6. The minimum absolute atomic E-state index is 0.457. The van der Waals surface area contributed by atoms with E-state index in [2.05, 4.69) is 28.7 Å². The molecule has 96 valence electrons. The Morgan fingerprint density at radius 3 is 2.59 bits per heavy atom. The first kappa shape index (κ1) is 13.7. The minimum atomic E-state index is 0.457. The summed E-state index contributed by atoms with van der Waals surface area (Å²) in [6.07, 6.45) is 3.67. The van der Waals surface area contributed by atoms with Gasteiger partial charge in [-0.1, -0.05) is 13.8 Å². The van der Waals surface area contributed by atoms with Crippen LogP contribution in [0.25, 0.3) is 0 Å². The molecule has 0 aliphatic carbocycles. The molecule has 0 saturated heterocycles. The van der Waals surface area contributed by atoms with Gasteiger partial charge < -0.3 is 15.4 Å². The van der Waals surface area contributed by atoms with E-state index < -0.39 is 0 Å². The molecule has 1 aromatic heterocycles. The fraction of sp³-hybridized carbons (Fsp3) is 0.667. The SMILES string of the molecule is CCC(CC)N(CCN)c1cc(OC)ncn1. The second-order valence-corrected chi connectivity index (χ2v) is 3.87. The van der Waals surface area contributed by atoms with Gasteiger partial charge in [0.05, 0.1) is 7.11 Å². The molecule has 0 spiro atoms. The molecule has 0 amide bonds. The fourth-order valence-corrected chi connectivity index (χ4v) is 1.95. The second-order valence-electron chi connectivity index (χ2n) is 3.87. The lowest BCUT2D eigenvalue weighted by Crippen LogP contribution is -2.38. The monoisotopic (exact) mass is 238 g/mol. The van der Waals surface area contributed by atoms with Gasteiger partial charge in [-0.05, 0) is 12.8 Å². The zero-order chi connectivity index (χ0) is 12.7. The maximum atomic E-state index is 5.67. The van der Waals surface area contributed by atoms with Gasteiger partial charge in [-0.25, -0.2) is 9.97 Å². The second kappa shape index (κ2) is 7.06. The first-order valence-corrected chi connectivity index (χ1v) is 6.09. The third kappa shape index (κ3) is 3.56. The van der Waals surface area contributed by atoms with E-state index >= 15 is 0 Å². The van der Waals surface area contributed by atoms with E-state index in [1.807, 2.05) is 6.07 Å². The molecule has 0 aromatic carbocycles. The molecule has 0 unspecified atom stereocenters. The standard InChI is InChI=1S/C12H22N4O/c1-4-10(5-2)16(7-6-13)11-8-12(17-3)15-9-14-11/h8-10H,4-7,13H2,1-3H3. The number of hydrogen-bond donors (Lipinski definition) is 1. The maximum Gasteiger partial charge on any atom is 0.218 e. The average molecular weight is 238 g/mol. The van der Waals surface area contributed by atoms with E-state index in [0.29, 0.717) is 18.5 Å². The topological polar surface area (TPSA) is 64.3 Å². The molecule has 1 rings (SSSR count). The van der Waals surface area contributed by atoms with Crippen LogP contribution in [0, 0.1) is 0 Å². The van der Waals surface area contributed by atoms with E-state index in [9.17, 15) is 0 Å². The largest absolute Gasteiger partial charge is 0.481 e. The highest BCUT2D eigenvalue weighted by atomic mass is 16.5. The maximum absolute atomic E-state index is 5.67. The molecule has 0 fully saturated rings. The Balaban J connectivity index is 2.94. The Hall–Kier alpha value is -1.36. The minimum Gasteiger partial charge on any atom is -0.481 e. The number of nitrogens with two attached hydrogens (primary N) is 1. The summed E-state index contributed by atoms with van der Waals surface area (Å²) in [5.74, 6) is 1.47. The Kier molecular flexibility index (Phi) is 5.69. The number of methoxy groups -OCH3 is 1. The van der Waals surface area contributed by atoms with Gasteiger partial charge in [0.25, 0.3) is 0 Å². The van der Waals surface area contributed by atoms with Crippen LogP contribution in [-0.4, -0.2) is 36.2 Å². The molecule has 0 aliphatic heterocycles. The molecule has 0 bridgehead atoms. The van der Waals surface area contributed by atoms with Crippen LogP contribution in [0.2, 0.25) is 0 Å². The zero-order valence-corrected chi connectivity index (χ0v) is 10.9. The van der Waals surface area contributed by atoms with Gasteiger partial charge in [0.15, 0.2) is 0 Å². The van der Waals surface area contributed by atoms with Crippen LogP contribution in [0.5, 0.6) is 5.88 Å². The van der Waals surface area contributed by atoms with E-state index in [-0.39, 0.29) is 0 Å². The summed E-state index contributed by atoms with van der Waals surface area (Å²) < 4.78 is 5.12. The molecular weight excluding hydrogens is 216 g/mol. The van der Waals surface area contributed by atoms with Crippen molar-refractivity contribution in [2.24, 2.45) is 5.73 Å². The predicted octanol–water partition coefficient (Wildman–Crippen LogP) is 1.44. The summed E-state index contributed by atoms with van der Waals surface area (Å²) in [6, 6.07) is 2.31. The van der Waals surface area contributed by atoms with Crippen molar-refractivity contribution in [3.63, 3.8) is 0 Å². The molecule has 2 N–H and O–H groups in total. The Labute approximate surface area is 103 Å². The van der Waals surface area contributed by atoms with Crippen molar-refractivity contribution in [2.45, 2.75) is 32.7 Å². The zero-order valence-electron chi connectivity index (χ0n) is 10.9. The number of nitrogens with zero attached hydrogens (tertiary/aromatic N) is 3. The molecule has 17 heavy (non-hydrogen) atoms. The molecule has 0 radical (unpaired) electrons. The molecule has 0 saturated carbocycles. The summed E-state index contributed by atoms with van der Waals surface area (Å²) in [5.41, 5.74) is 5.67. The Morgan fingerprint density at radius 2 is 2.06 bits per heavy atom. The van der Waals surface area contributed by atoms with Crippen LogP contribution in [0.3, 0.4) is 0 Å². The van der Waals surface area contributed by atoms with Crippen LogP contribution in [0.15, 0.2) is 12.4 Å². The van der Waals surface area contributed by atoms with E-state index in [1.165, 1.54) is 6.33 Å². The van der Waals surface area contributed by atoms with E-state index in [0.717, 1.165) is 25.2 Å². The Bertz CT molecular complexity index is 328. The van der Waals surface area contributed by atoms with Crippen molar-refractivity contribution < 1.29 is 4.74 Å². The van der Waals surface area contributed by atoms with Crippen molar-refractivity contribution in [1.29, 1.82) is 0 Å². The van der Waals surface area contributed by atoms with Crippen LogP contribution in [0.4, 0.5) is 5.82 Å². The van der Waals surface area contributed by atoms with Crippen molar-refractivity contribution in [2.75, 3.05) is 25.1 Å². The summed E-state index contributed by atoms with van der Waals surface area (Å²) >= 11 is 0. The predicted molar refractivity (Wildman–Crippen MR) is 69.4 cm³/mol. The summed E-state index contributed by atoms with van der Waals surface area (Å²) in [7, 11) is 1.61. The highest BCUT2D eigenvalue weighted by Crippen LogP contribution is 2.20. The highest BCUT2D eigenvalue weighted by molar-refractivity contribution is 5.42. The van der Waals surface area contributed by atoms with E-state index in [1.54, 1.807) is 7.11 Å². The number of anilines is 1. The lowest BCUT2D eigenvalue weighted by molar-refractivity contribution is 0.396. The average Bonchev–Trinajstić information content (AvgIpc) is 2.39. The van der Waals surface area contributed by atoms with E-state index in [4.69, 9.17) is 10.5 Å². The Morgan fingerprint density at radius 1 is 1.35 bits per heavy atom. The molecule has 5 nitrogen and oxygen atoms in total. The van der Waals surface area contributed by atoms with Crippen molar-refractivity contribution in [1.82, 2.24) is 9.97 Å². The third-order valence-corrected chi connectivity index (χ3v) is 2.88. The van der Waals surface area contributed by atoms with Crippen LogP contribution in [-0.2, 0) is 0 Å². The number of aromatic nitrogens is 2. The third-order valence-electron chi connectivity index (χ3n) is 2.88. The van der Waals surface area contributed by atoms with Gasteiger partial charge >= 0.3 is 0 Å². The molecular formula is C12H22N4O. The number of ether oxygens (including phenoxy) is 1. The smallest absolute Gasteiger partial charge is 0.218 e. The van der Waals surface area contributed by atoms with Crippen molar-refractivity contribution >= 4 is 5.82 Å². The van der Waals surface area contributed by atoms with Gasteiger partial charge in [-0.15, -0.1) is 0 Å². The fourth-order valence-electron chi connectivity index (χ4n) is 1.95. The first-order valence-electron chi connectivity index (χ1n) is 6.09. The molecule has 1 aromatic rings. The van der Waals surface area contributed by atoms with Gasteiger partial charge in [-0.2, -0.15) is 0 Å². The lowest BCUT2D eigenvalue weighted by atomic mass is 10.1. The molecule has 0 aliphatic rings. The quantitative estimate of drug-likeness (QED) is 0.778. The molecule has 1 heterocycles. The summed E-state index contributed by atoms with van der Waals surface area (Å²) in [4.78, 5) is 10.5. The molecule has 5 heteroatoms. The lowest BCUT2D eigenvalue weighted by Gasteiger charge is -2.31. The van der Waals surface area contributed by atoms with Gasteiger partial charge in [0.1, 0.15) is 12.1 Å².